The second-order valence-electron chi connectivity index (χ2n) is 1.10. The van der Waals surface area contributed by atoms with E-state index in [2.05, 4.69) is 0 Å². The highest BCUT2D eigenvalue weighted by molar-refractivity contribution is 8.10. The van der Waals surface area contributed by atoms with Crippen molar-refractivity contribution in [3.8, 4) is 0 Å². The van der Waals surface area contributed by atoms with Crippen molar-refractivity contribution in [2.75, 3.05) is 0 Å². The van der Waals surface area contributed by atoms with Gasteiger partial charge in [-0.3, -0.25) is 9.59 Å². The monoisotopic (exact) mass is 168 g/mol. The van der Waals surface area contributed by atoms with Crippen LogP contribution in [-0.2, 0) is 9.59 Å². The van der Waals surface area contributed by atoms with Crippen molar-refractivity contribution in [2.45, 2.75) is 6.42 Å². The van der Waals surface area contributed by atoms with Crippen LogP contribution in [0.25, 0.3) is 0 Å². The molecule has 0 aliphatic carbocycles. The minimum atomic E-state index is -0.665. The van der Waals surface area contributed by atoms with Crippen molar-refractivity contribution in [2.24, 2.45) is 0 Å². The Morgan fingerprint density at radius 3 is 1.67 bits per heavy atom. The molecule has 52 valence electrons. The number of hydrogen-bond donors (Lipinski definition) is 2. The average molecular weight is 168 g/mol. The molecule has 0 aliphatic heterocycles. The topological polar surface area (TPSA) is 74.6 Å². The third-order valence-electron chi connectivity index (χ3n) is 0.492. The smallest absolute Gasteiger partial charge is 0.223 e. The van der Waals surface area contributed by atoms with Gasteiger partial charge in [0, 0.05) is 0 Å². The van der Waals surface area contributed by atoms with Crippen LogP contribution >= 0.6 is 24.1 Å². The summed E-state index contributed by atoms with van der Waals surface area (Å²) < 4.78 is 16.0. The largest absolute Gasteiger partial charge is 0.323 e. The van der Waals surface area contributed by atoms with Gasteiger partial charge in [-0.15, -0.1) is 0 Å². The molecule has 0 bridgehead atoms. The van der Waals surface area contributed by atoms with Gasteiger partial charge in [0.25, 0.3) is 0 Å². The normalized spacial score (nSPS) is 9.11. The lowest BCUT2D eigenvalue weighted by Crippen LogP contribution is -1.98. The molecule has 0 unspecified atom stereocenters. The van der Waals surface area contributed by atoms with Gasteiger partial charge >= 0.3 is 0 Å². The van der Waals surface area contributed by atoms with Crippen molar-refractivity contribution < 1.29 is 18.7 Å². The molecule has 0 atom stereocenters. The van der Waals surface area contributed by atoms with Crippen molar-refractivity contribution in [1.82, 2.24) is 0 Å². The number of carbonyl (C=O) groups is 2. The molecule has 0 aliphatic rings. The molecule has 0 aromatic rings. The van der Waals surface area contributed by atoms with E-state index in [0.717, 1.165) is 0 Å². The summed E-state index contributed by atoms with van der Waals surface area (Å²) in [6.45, 7) is 0. The molecule has 0 aromatic carbocycles. The van der Waals surface area contributed by atoms with Crippen LogP contribution in [0.2, 0.25) is 0 Å². The van der Waals surface area contributed by atoms with E-state index in [-0.39, 0.29) is 24.1 Å². The maximum atomic E-state index is 10.1. The highest BCUT2D eigenvalue weighted by atomic mass is 32.2. The Bertz CT molecular complexity index is 109. The summed E-state index contributed by atoms with van der Waals surface area (Å²) in [6, 6.07) is 0. The summed E-state index contributed by atoms with van der Waals surface area (Å²) in [6.07, 6.45) is -0.442. The standard InChI is InChI=1S/C3H4O4S2/c4-2(8-6)1-3(5)9-7/h6-7H,1H2. The van der Waals surface area contributed by atoms with Crippen LogP contribution in [0.4, 0.5) is 0 Å². The maximum Gasteiger partial charge on any atom is 0.223 e. The Morgan fingerprint density at radius 2 is 1.44 bits per heavy atom. The molecule has 9 heavy (non-hydrogen) atoms. The van der Waals surface area contributed by atoms with Crippen LogP contribution < -0.4 is 0 Å². The molecule has 0 amide bonds. The van der Waals surface area contributed by atoms with Crippen LogP contribution in [0, 0.1) is 0 Å². The fourth-order valence-electron chi connectivity index (χ4n) is 0.182. The van der Waals surface area contributed by atoms with E-state index in [9.17, 15) is 9.59 Å². The molecule has 0 aromatic heterocycles. The van der Waals surface area contributed by atoms with Gasteiger partial charge in [0.2, 0.25) is 10.2 Å². The number of carbonyl (C=O) groups excluding carboxylic acids is 2. The summed E-state index contributed by atoms with van der Waals surface area (Å²) >= 11 is -0.0314. The first-order chi connectivity index (χ1) is 4.20. The molecule has 0 fully saturated rings. The van der Waals surface area contributed by atoms with Crippen LogP contribution in [0.3, 0.4) is 0 Å². The molecular formula is C3H4O4S2. The summed E-state index contributed by atoms with van der Waals surface area (Å²) in [5.74, 6) is 0. The average Bonchev–Trinajstić information content (AvgIpc) is 1.87. The third-order valence-corrected chi connectivity index (χ3v) is 1.19. The van der Waals surface area contributed by atoms with Gasteiger partial charge in [-0.05, 0) is 0 Å². The van der Waals surface area contributed by atoms with Gasteiger partial charge in [0.1, 0.15) is 0 Å². The van der Waals surface area contributed by atoms with Crippen LogP contribution in [0.5, 0.6) is 0 Å². The van der Waals surface area contributed by atoms with Crippen molar-refractivity contribution >= 4 is 34.3 Å². The van der Waals surface area contributed by atoms with E-state index in [4.69, 9.17) is 9.11 Å². The summed E-state index contributed by atoms with van der Waals surface area (Å²) in [5, 5.41) is -1.33. The first kappa shape index (κ1) is 8.96. The van der Waals surface area contributed by atoms with E-state index in [1.165, 1.54) is 0 Å². The lowest BCUT2D eigenvalue weighted by Gasteiger charge is -1.88. The van der Waals surface area contributed by atoms with Crippen LogP contribution in [0.1, 0.15) is 6.42 Å². The third kappa shape index (κ3) is 4.46. The zero-order valence-electron chi connectivity index (χ0n) is 4.23. The van der Waals surface area contributed by atoms with E-state index >= 15 is 0 Å². The first-order valence-corrected chi connectivity index (χ1v) is 3.44. The van der Waals surface area contributed by atoms with E-state index < -0.39 is 16.7 Å². The molecule has 0 spiro atoms. The quantitative estimate of drug-likeness (QED) is 0.470. The predicted octanol–water partition coefficient (Wildman–Crippen LogP) is 0.842. The Morgan fingerprint density at radius 1 is 1.11 bits per heavy atom. The van der Waals surface area contributed by atoms with E-state index in [1.807, 2.05) is 0 Å². The fourth-order valence-corrected chi connectivity index (χ4v) is 0.665. The van der Waals surface area contributed by atoms with Gasteiger partial charge in [0.05, 0.1) is 30.5 Å². The molecule has 2 N–H and O–H groups in total. The van der Waals surface area contributed by atoms with Crippen molar-refractivity contribution in [1.29, 1.82) is 0 Å². The minimum Gasteiger partial charge on any atom is -0.323 e. The Balaban J connectivity index is 3.47. The lowest BCUT2D eigenvalue weighted by atomic mass is 10.5. The molecule has 0 saturated heterocycles. The lowest BCUT2D eigenvalue weighted by molar-refractivity contribution is -0.118. The summed E-state index contributed by atoms with van der Waals surface area (Å²) in [7, 11) is 0. The van der Waals surface area contributed by atoms with Gasteiger partial charge < -0.3 is 9.11 Å². The molecule has 6 heteroatoms. The first-order valence-electron chi connectivity index (χ1n) is 1.89. The second-order valence-corrected chi connectivity index (χ2v) is 2.38. The Kier molecular flexibility index (Phi) is 4.78. The van der Waals surface area contributed by atoms with Gasteiger partial charge in [-0.2, -0.15) is 0 Å². The predicted molar refractivity (Wildman–Crippen MR) is 35.1 cm³/mol. The van der Waals surface area contributed by atoms with Gasteiger partial charge in [0.15, 0.2) is 0 Å². The molecule has 0 rings (SSSR count). The summed E-state index contributed by atoms with van der Waals surface area (Å²) in [4.78, 5) is 20.3. The zero-order chi connectivity index (χ0) is 7.28. The highest BCUT2D eigenvalue weighted by Crippen LogP contribution is 2.05. The molecular weight excluding hydrogens is 164 g/mol. The Labute approximate surface area is 60.0 Å². The second kappa shape index (κ2) is 4.80. The minimum absolute atomic E-state index is 0.0157. The van der Waals surface area contributed by atoms with Crippen LogP contribution in [0.15, 0.2) is 0 Å². The van der Waals surface area contributed by atoms with E-state index in [0.29, 0.717) is 0 Å². The fraction of sp³-hybridized carbons (Fsp3) is 0.333. The summed E-state index contributed by atoms with van der Waals surface area (Å²) in [5.41, 5.74) is 0. The van der Waals surface area contributed by atoms with E-state index in [1.54, 1.807) is 0 Å². The molecule has 0 saturated carbocycles. The maximum absolute atomic E-state index is 10.1. The van der Waals surface area contributed by atoms with Crippen LogP contribution in [-0.4, -0.2) is 19.3 Å². The molecule has 4 nitrogen and oxygen atoms in total. The number of hydrogen-bond acceptors (Lipinski definition) is 6. The SMILES string of the molecule is O=C(CC(=O)SO)SO. The van der Waals surface area contributed by atoms with Crippen molar-refractivity contribution in [3.05, 3.63) is 0 Å². The molecule has 0 radical (unpaired) electrons. The van der Waals surface area contributed by atoms with Gasteiger partial charge in [-0.1, -0.05) is 0 Å². The van der Waals surface area contributed by atoms with Gasteiger partial charge in [-0.25, -0.2) is 0 Å². The zero-order valence-corrected chi connectivity index (χ0v) is 5.87. The highest BCUT2D eigenvalue weighted by Gasteiger charge is 2.08. The molecule has 0 heterocycles. The van der Waals surface area contributed by atoms with Crippen molar-refractivity contribution in [3.63, 3.8) is 0 Å². The number of rotatable bonds is 2. The Hall–Kier alpha value is -0.0400.